The van der Waals surface area contributed by atoms with Crippen molar-refractivity contribution in [2.24, 2.45) is 0 Å². The summed E-state index contributed by atoms with van der Waals surface area (Å²) in [7, 11) is 13.6. The third-order valence-electron chi connectivity index (χ3n) is 15.8. The molecule has 2 aromatic rings. The summed E-state index contributed by atoms with van der Waals surface area (Å²) in [6.45, 7) is 24.8. The summed E-state index contributed by atoms with van der Waals surface area (Å²) in [4.78, 5) is 3.27. The number of aliphatic hydroxyl groups is 4. The smallest absolute Gasteiger partial charge is 0.261 e. The second kappa shape index (κ2) is 24.2. The number of benzene rings is 2. The topological polar surface area (TPSA) is 187 Å². The molecule has 72 heavy (non-hydrogen) atoms. The Bertz CT molecular complexity index is 1990. The molecule has 392 valence electrons. The van der Waals surface area contributed by atoms with Crippen molar-refractivity contribution >= 4 is 50.6 Å². The Morgan fingerprint density at radius 2 is 1.11 bits per heavy atom. The van der Waals surface area contributed by atoms with Crippen LogP contribution >= 0.6 is 8.38 Å². The number of hydrogen-bond acceptors (Lipinski definition) is 15. The molecular weight excluding hydrogens is 958 g/mol. The first-order valence-corrected chi connectivity index (χ1v) is 29.1. The van der Waals surface area contributed by atoms with Crippen molar-refractivity contribution in [3.8, 4) is 0 Å². The summed E-state index contributed by atoms with van der Waals surface area (Å²) in [6.07, 6.45) is 0.987. The molecule has 0 saturated carbocycles. The van der Waals surface area contributed by atoms with E-state index in [0.29, 0.717) is 45.8 Å². The van der Waals surface area contributed by atoms with Gasteiger partial charge in [0.15, 0.2) is 8.38 Å². The minimum atomic E-state index is -2.70. The molecule has 0 spiro atoms. The minimum Gasteiger partial charge on any atom is -0.404 e. The average molecular weight is 1030 g/mol. The van der Waals surface area contributed by atoms with Crippen molar-refractivity contribution in [2.45, 2.75) is 180 Å². The Balaban J connectivity index is 0.000000152. The highest BCUT2D eigenvalue weighted by molar-refractivity contribution is 7.46. The normalized spacial score (nSPS) is 39.8. The summed E-state index contributed by atoms with van der Waals surface area (Å²) in [5.41, 5.74) is -2.35. The van der Waals surface area contributed by atoms with Crippen LogP contribution in [0, 0.1) is 6.57 Å². The highest BCUT2D eigenvalue weighted by Crippen LogP contribution is 2.50. The first-order chi connectivity index (χ1) is 34.3. The van der Waals surface area contributed by atoms with Gasteiger partial charge in [0.2, 0.25) is 6.54 Å². The zero-order valence-corrected chi connectivity index (χ0v) is 44.9. The molecule has 21 heteroatoms. The van der Waals surface area contributed by atoms with Gasteiger partial charge in [-0.1, -0.05) is 95.3 Å². The fourth-order valence-electron chi connectivity index (χ4n) is 11.7. The Morgan fingerprint density at radius 3 is 1.57 bits per heavy atom. The number of aliphatic hydroxyl groups excluding tert-OH is 4. The number of hydrogen-bond donors (Lipinski definition) is 4. The molecule has 16 nitrogen and oxygen atoms in total. The molecule has 0 amide bonds. The van der Waals surface area contributed by atoms with Gasteiger partial charge in [-0.15, -0.1) is 0 Å². The number of nitrogens with zero attached hydrogens (tertiary/aromatic N) is 1. The molecule has 2 aromatic carbocycles. The fraction of sp³-hybridized carbons (Fsp3) is 0.745. The van der Waals surface area contributed by atoms with Crippen LogP contribution in [0.3, 0.4) is 0 Å². The van der Waals surface area contributed by atoms with E-state index in [1.54, 1.807) is 0 Å². The maximum Gasteiger partial charge on any atom is 0.261 e. The molecule has 0 aliphatic carbocycles. The van der Waals surface area contributed by atoms with Gasteiger partial charge in [-0.25, -0.2) is 6.57 Å². The summed E-state index contributed by atoms with van der Waals surface area (Å²) in [5, 5.41) is 41.6. The quantitative estimate of drug-likeness (QED) is 0.0993. The van der Waals surface area contributed by atoms with Gasteiger partial charge in [0, 0.05) is 50.4 Å². The van der Waals surface area contributed by atoms with Crippen LogP contribution in [0.1, 0.15) is 80.1 Å². The molecule has 8 heterocycles. The Morgan fingerprint density at radius 1 is 0.681 bits per heavy atom. The van der Waals surface area contributed by atoms with Crippen LogP contribution in [0.15, 0.2) is 60.7 Å². The van der Waals surface area contributed by atoms with E-state index in [4.69, 9.17) is 86.6 Å². The zero-order valence-electron chi connectivity index (χ0n) is 43.0. The fourth-order valence-corrected chi connectivity index (χ4v) is 17.3. The van der Waals surface area contributed by atoms with Crippen molar-refractivity contribution in [1.29, 1.82) is 0 Å². The Hall–Kier alpha value is -1.83. The van der Waals surface area contributed by atoms with Crippen molar-refractivity contribution < 1.29 is 71.8 Å². The van der Waals surface area contributed by atoms with E-state index in [-0.39, 0.29) is 48.3 Å². The largest absolute Gasteiger partial charge is 0.404 e. The van der Waals surface area contributed by atoms with Crippen molar-refractivity contribution in [3.05, 3.63) is 72.1 Å². The van der Waals surface area contributed by atoms with Crippen molar-refractivity contribution in [3.63, 3.8) is 0 Å². The van der Waals surface area contributed by atoms with E-state index in [1.165, 1.54) is 10.4 Å². The number of ether oxygens (including phenoxy) is 8. The summed E-state index contributed by atoms with van der Waals surface area (Å²) < 4.78 is 63.6. The van der Waals surface area contributed by atoms with Crippen molar-refractivity contribution in [1.82, 2.24) is 0 Å². The molecule has 17 atom stereocenters. The Kier molecular flexibility index (Phi) is 19.5. The summed E-state index contributed by atoms with van der Waals surface area (Å²) in [5.74, 6) is 0. The molecule has 8 saturated heterocycles. The van der Waals surface area contributed by atoms with Gasteiger partial charge in [-0.2, -0.15) is 0 Å². The standard InChI is InChI=1S/C23H29BO4Si.C13H22NO4P.C8H13BO3.C7H11BO4/c1-22(2,3)29(17-10-6-4-7-11-17,18-12-8-5-9-13-18)27-16-23-14-15-26-19(20(23)25)21(24)28-23;1-5-13-6-8-15-11(10(2)17-13)12(13)18-19(4)16-9-7-14-3;1-2-8-3-4-11-5(6(8)10)7(9)12-8;8-6-4-5(10)7(3-9,12-6)1-2-11-4/h4-13,19-21,25H,14-16H2,1-3H3;10-12H,5-9H2,1-2,4H3;5-7,10H,2-4H2,1H3;4-6,9-10H,1-3H2/t19-,20+,21-,23-;10-,11-,12-,13-,19?;5-,6+,7-,8+;4-,5+,6-,7-/m1011/s1. The zero-order chi connectivity index (χ0) is 52.1. The number of fused-ring (bicyclic) bond motifs is 8. The number of rotatable bonds is 13. The predicted octanol–water partition coefficient (Wildman–Crippen LogP) is 2.78. The van der Waals surface area contributed by atoms with Gasteiger partial charge in [-0.05, 0) is 35.2 Å². The summed E-state index contributed by atoms with van der Waals surface area (Å²) >= 11 is 0. The molecule has 8 aliphatic heterocycles. The highest BCUT2D eigenvalue weighted by atomic mass is 31.2. The molecule has 10 rings (SSSR count). The van der Waals surface area contributed by atoms with Crippen LogP contribution in [0.4, 0.5) is 0 Å². The van der Waals surface area contributed by atoms with E-state index in [0.717, 1.165) is 32.3 Å². The first kappa shape index (κ1) is 57.9. The minimum absolute atomic E-state index is 0.00288. The third-order valence-corrected chi connectivity index (χ3v) is 21.9. The van der Waals surface area contributed by atoms with Crippen LogP contribution in [-0.2, 0) is 51.4 Å². The predicted molar refractivity (Wildman–Crippen MR) is 275 cm³/mol. The average Bonchev–Trinajstić information content (AvgIpc) is 3.68. The van der Waals surface area contributed by atoms with Gasteiger partial charge in [0.05, 0.1) is 56.9 Å². The monoisotopic (exact) mass is 1030 g/mol. The molecular formula is C51H75B3NO15PSi. The lowest BCUT2D eigenvalue weighted by molar-refractivity contribution is -0.138. The second-order valence-electron chi connectivity index (χ2n) is 21.0. The first-order valence-electron chi connectivity index (χ1n) is 25.5. The van der Waals surface area contributed by atoms with Gasteiger partial charge < -0.3 is 76.6 Å². The highest BCUT2D eigenvalue weighted by Gasteiger charge is 2.60. The third kappa shape index (κ3) is 11.4. The van der Waals surface area contributed by atoms with Gasteiger partial charge in [-0.3, -0.25) is 0 Å². The van der Waals surface area contributed by atoms with Gasteiger partial charge in [0.1, 0.15) is 90.2 Å². The summed E-state index contributed by atoms with van der Waals surface area (Å²) in [6, 6.07) is 19.2. The van der Waals surface area contributed by atoms with Crippen LogP contribution in [0.5, 0.6) is 0 Å². The van der Waals surface area contributed by atoms with E-state index >= 15 is 0 Å². The lowest BCUT2D eigenvalue weighted by Crippen LogP contribution is -2.68. The van der Waals surface area contributed by atoms with E-state index in [1.807, 2.05) is 32.6 Å². The Labute approximate surface area is 432 Å². The van der Waals surface area contributed by atoms with E-state index in [2.05, 4.69) is 81.1 Å². The molecule has 4 N–H and O–H groups in total. The lowest BCUT2D eigenvalue weighted by atomic mass is 9.84. The van der Waals surface area contributed by atoms with Crippen molar-refractivity contribution in [2.75, 3.05) is 59.5 Å². The van der Waals surface area contributed by atoms with Crippen LogP contribution in [-0.4, -0.2) is 207 Å². The molecule has 8 bridgehead atoms. The molecule has 0 aromatic heterocycles. The maximum absolute atomic E-state index is 10.9. The lowest BCUT2D eigenvalue weighted by Gasteiger charge is -2.46. The van der Waals surface area contributed by atoms with Crippen LogP contribution < -0.4 is 10.4 Å². The molecule has 8 aliphatic rings. The second-order valence-corrected chi connectivity index (χ2v) is 26.7. The molecule has 1 unspecified atom stereocenters. The SMILES string of the molecule is [B][C@@H]1O[C@@]2(CC)CCO[C@@H]1[C@@H]2O.[B][C@@H]1O[C@@]2(CO)CCO[C@@H]1[C@@H]2O.[B][C@@H]1O[C@@]2(CO[Si](c3ccccc3)(c3ccccc3)C(C)(C)C)CCO[C@@H]1[C@@H]2O.[C-]#[N+]CCOP(C)O[C@H]1[C@H]2OCC[C@]1(CC)O[C@H]2C. The molecule has 6 radical (unpaired) electrons. The van der Waals surface area contributed by atoms with E-state index < -0.39 is 82.0 Å². The van der Waals surface area contributed by atoms with Crippen LogP contribution in [0.2, 0.25) is 5.04 Å². The van der Waals surface area contributed by atoms with Crippen LogP contribution in [0.25, 0.3) is 4.85 Å². The van der Waals surface area contributed by atoms with Gasteiger partial charge in [0.25, 0.3) is 8.32 Å². The van der Waals surface area contributed by atoms with Gasteiger partial charge >= 0.3 is 0 Å². The van der Waals surface area contributed by atoms with E-state index in [9.17, 15) is 15.3 Å². The molecule has 8 fully saturated rings. The maximum atomic E-state index is 10.9.